The fourth-order valence-electron chi connectivity index (χ4n) is 1.78. The number of nitrogens with one attached hydrogen (secondary N) is 1. The zero-order valence-electron chi connectivity index (χ0n) is 8.95. The Labute approximate surface area is 98.9 Å². The Morgan fingerprint density at radius 2 is 2.47 bits per heavy atom. The van der Waals surface area contributed by atoms with Gasteiger partial charge in [-0.05, 0) is 26.3 Å². The summed E-state index contributed by atoms with van der Waals surface area (Å²) < 4.78 is 1.28. The summed E-state index contributed by atoms with van der Waals surface area (Å²) in [6, 6.07) is 0.673. The fourth-order valence-corrected chi connectivity index (χ4v) is 3.93. The van der Waals surface area contributed by atoms with Crippen LogP contribution in [0.2, 0.25) is 0 Å². The molecule has 1 aromatic heterocycles. The van der Waals surface area contributed by atoms with Crippen molar-refractivity contribution in [2.75, 3.05) is 18.0 Å². The van der Waals surface area contributed by atoms with E-state index in [0.717, 1.165) is 11.4 Å². The van der Waals surface area contributed by atoms with Crippen molar-refractivity contribution < 1.29 is 0 Å². The third-order valence-electron chi connectivity index (χ3n) is 2.60. The molecule has 0 radical (unpaired) electrons. The van der Waals surface area contributed by atoms with Crippen molar-refractivity contribution in [2.24, 2.45) is 0 Å². The molecule has 2 heterocycles. The van der Waals surface area contributed by atoms with Crippen LogP contribution < -0.4 is 11.1 Å². The highest BCUT2D eigenvalue weighted by molar-refractivity contribution is 8.01. The first-order chi connectivity index (χ1) is 7.25. The fraction of sp³-hybridized carbons (Fsp3) is 0.700. The van der Waals surface area contributed by atoms with Gasteiger partial charge in [0.15, 0.2) is 5.13 Å². The summed E-state index contributed by atoms with van der Waals surface area (Å²) in [7, 11) is 0. The van der Waals surface area contributed by atoms with Crippen molar-refractivity contribution in [1.82, 2.24) is 10.3 Å². The lowest BCUT2D eigenvalue weighted by Gasteiger charge is -2.22. The zero-order valence-corrected chi connectivity index (χ0v) is 10.6. The molecule has 0 amide bonds. The summed E-state index contributed by atoms with van der Waals surface area (Å²) in [5.41, 5.74) is 6.75. The van der Waals surface area contributed by atoms with Gasteiger partial charge < -0.3 is 11.1 Å². The smallest absolute Gasteiger partial charge is 0.181 e. The van der Waals surface area contributed by atoms with E-state index in [1.54, 1.807) is 11.3 Å². The normalized spacial score (nSPS) is 21.8. The summed E-state index contributed by atoms with van der Waals surface area (Å²) in [6.07, 6.45) is 4.00. The van der Waals surface area contributed by atoms with Crippen LogP contribution in [0.4, 0.5) is 5.13 Å². The number of hydrogen-bond acceptors (Lipinski definition) is 5. The molecule has 0 aromatic carbocycles. The average molecular weight is 243 g/mol. The van der Waals surface area contributed by atoms with E-state index >= 15 is 0 Å². The van der Waals surface area contributed by atoms with E-state index in [9.17, 15) is 0 Å². The average Bonchev–Trinajstić information content (AvgIpc) is 2.56. The van der Waals surface area contributed by atoms with Gasteiger partial charge >= 0.3 is 0 Å². The number of anilines is 1. The number of thiazole rings is 1. The third-order valence-corrected chi connectivity index (χ3v) is 5.11. The van der Waals surface area contributed by atoms with Gasteiger partial charge in [0.05, 0.1) is 9.90 Å². The first-order valence-electron chi connectivity index (χ1n) is 5.35. The number of aryl methyl sites for hydroxylation is 1. The molecule has 84 valence electrons. The highest BCUT2D eigenvalue weighted by atomic mass is 32.2. The van der Waals surface area contributed by atoms with Crippen LogP contribution in [0.5, 0.6) is 0 Å². The van der Waals surface area contributed by atoms with E-state index in [4.69, 9.17) is 5.73 Å². The predicted molar refractivity (Wildman–Crippen MR) is 67.6 cm³/mol. The van der Waals surface area contributed by atoms with E-state index in [-0.39, 0.29) is 0 Å². The number of piperidine rings is 1. The molecule has 15 heavy (non-hydrogen) atoms. The number of hydrogen-bond donors (Lipinski definition) is 2. The van der Waals surface area contributed by atoms with Crippen LogP contribution >= 0.6 is 23.1 Å². The first kappa shape index (κ1) is 11.2. The van der Waals surface area contributed by atoms with Crippen LogP contribution in [-0.2, 0) is 0 Å². The monoisotopic (exact) mass is 243 g/mol. The van der Waals surface area contributed by atoms with Crippen LogP contribution in [0.3, 0.4) is 0 Å². The lowest BCUT2D eigenvalue weighted by atomic mass is 10.1. The van der Waals surface area contributed by atoms with Crippen LogP contribution in [0.25, 0.3) is 0 Å². The second kappa shape index (κ2) is 5.18. The molecular weight excluding hydrogens is 226 g/mol. The largest absolute Gasteiger partial charge is 0.375 e. The molecule has 0 saturated carbocycles. The van der Waals surface area contributed by atoms with Crippen molar-refractivity contribution in [3.05, 3.63) is 5.69 Å². The van der Waals surface area contributed by atoms with E-state index in [0.29, 0.717) is 11.2 Å². The summed E-state index contributed by atoms with van der Waals surface area (Å²) in [5.74, 6) is 1.14. The van der Waals surface area contributed by atoms with Gasteiger partial charge in [0.25, 0.3) is 0 Å². The zero-order chi connectivity index (χ0) is 10.7. The predicted octanol–water partition coefficient (Wildman–Crippen LogP) is 2.27. The van der Waals surface area contributed by atoms with Gasteiger partial charge in [-0.3, -0.25) is 0 Å². The lowest BCUT2D eigenvalue weighted by Crippen LogP contribution is -2.35. The molecule has 5 heteroatoms. The molecule has 1 aliphatic rings. The Balaban J connectivity index is 1.84. The maximum Gasteiger partial charge on any atom is 0.181 e. The topological polar surface area (TPSA) is 50.9 Å². The second-order valence-corrected chi connectivity index (χ2v) is 6.20. The van der Waals surface area contributed by atoms with Crippen LogP contribution in [0.15, 0.2) is 4.21 Å². The molecule has 1 atom stereocenters. The van der Waals surface area contributed by atoms with Crippen molar-refractivity contribution >= 4 is 28.2 Å². The van der Waals surface area contributed by atoms with Crippen molar-refractivity contribution in [1.29, 1.82) is 0 Å². The van der Waals surface area contributed by atoms with Gasteiger partial charge in [0, 0.05) is 11.8 Å². The number of aromatic nitrogens is 1. The summed E-state index contributed by atoms with van der Waals surface area (Å²) in [6.45, 7) is 3.21. The molecule has 3 N–H and O–H groups in total. The molecule has 0 aliphatic carbocycles. The Morgan fingerprint density at radius 3 is 3.07 bits per heavy atom. The van der Waals surface area contributed by atoms with Crippen LogP contribution in [-0.4, -0.2) is 23.3 Å². The Kier molecular flexibility index (Phi) is 3.88. The number of nitrogens with two attached hydrogens (primary N) is 1. The minimum atomic E-state index is 0.673. The maximum atomic E-state index is 5.67. The Morgan fingerprint density at radius 1 is 1.60 bits per heavy atom. The van der Waals surface area contributed by atoms with Gasteiger partial charge in [0.2, 0.25) is 0 Å². The SMILES string of the molecule is Cc1nc(N)sc1SCC1CCCCN1. The number of nitrogen functional groups attached to an aromatic ring is 1. The Bertz CT molecular complexity index is 318. The summed E-state index contributed by atoms with van der Waals surface area (Å²) in [5, 5.41) is 4.23. The van der Waals surface area contributed by atoms with Crippen LogP contribution in [0.1, 0.15) is 25.0 Å². The van der Waals surface area contributed by atoms with E-state index in [1.165, 1.54) is 30.0 Å². The lowest BCUT2D eigenvalue weighted by molar-refractivity contribution is 0.430. The van der Waals surface area contributed by atoms with E-state index in [2.05, 4.69) is 10.3 Å². The first-order valence-corrected chi connectivity index (χ1v) is 7.15. The van der Waals surface area contributed by atoms with Gasteiger partial charge in [-0.1, -0.05) is 17.8 Å². The summed E-state index contributed by atoms with van der Waals surface area (Å²) in [4.78, 5) is 4.23. The highest BCUT2D eigenvalue weighted by Gasteiger charge is 2.14. The molecular formula is C10H17N3S2. The van der Waals surface area contributed by atoms with Gasteiger partial charge in [0.1, 0.15) is 0 Å². The number of rotatable bonds is 3. The molecule has 0 bridgehead atoms. The molecule has 1 fully saturated rings. The van der Waals surface area contributed by atoms with Crippen molar-refractivity contribution in [3.63, 3.8) is 0 Å². The number of thioether (sulfide) groups is 1. The van der Waals surface area contributed by atoms with Gasteiger partial charge in [-0.15, -0.1) is 11.8 Å². The minimum absolute atomic E-state index is 0.673. The number of nitrogens with zero attached hydrogens (tertiary/aromatic N) is 1. The van der Waals surface area contributed by atoms with Crippen molar-refractivity contribution in [3.8, 4) is 0 Å². The highest BCUT2D eigenvalue weighted by Crippen LogP contribution is 2.31. The second-order valence-electron chi connectivity index (χ2n) is 3.88. The van der Waals surface area contributed by atoms with Gasteiger partial charge in [-0.2, -0.15) is 0 Å². The standard InChI is InChI=1S/C10H17N3S2/c1-7-9(15-10(11)13-7)14-6-8-4-2-3-5-12-8/h8,12H,2-6H2,1H3,(H2,11,13). The molecule has 1 aromatic rings. The molecule has 1 saturated heterocycles. The van der Waals surface area contributed by atoms with Gasteiger partial charge in [-0.25, -0.2) is 4.98 Å². The Hall–Kier alpha value is -0.260. The molecule has 1 aliphatic heterocycles. The maximum absolute atomic E-state index is 5.67. The van der Waals surface area contributed by atoms with E-state index < -0.39 is 0 Å². The molecule has 2 rings (SSSR count). The minimum Gasteiger partial charge on any atom is -0.375 e. The van der Waals surface area contributed by atoms with Crippen LogP contribution in [0, 0.1) is 6.92 Å². The van der Waals surface area contributed by atoms with Crippen molar-refractivity contribution in [2.45, 2.75) is 36.4 Å². The van der Waals surface area contributed by atoms with E-state index in [1.807, 2.05) is 18.7 Å². The summed E-state index contributed by atoms with van der Waals surface area (Å²) >= 11 is 3.49. The quantitative estimate of drug-likeness (QED) is 0.800. The molecule has 0 spiro atoms. The third kappa shape index (κ3) is 3.09. The molecule has 1 unspecified atom stereocenters. The molecule has 3 nitrogen and oxygen atoms in total.